The van der Waals surface area contributed by atoms with Gasteiger partial charge in [0.05, 0.1) is 0 Å². The molecule has 0 aliphatic carbocycles. The fourth-order valence-electron chi connectivity index (χ4n) is 0.353. The van der Waals surface area contributed by atoms with Crippen LogP contribution in [0.4, 0.5) is 0 Å². The lowest BCUT2D eigenvalue weighted by atomic mass is 9.89. The van der Waals surface area contributed by atoms with Gasteiger partial charge in [-0.2, -0.15) is 0 Å². The van der Waals surface area contributed by atoms with Crippen molar-refractivity contribution in [1.82, 2.24) is 5.23 Å². The maximum Gasteiger partial charge on any atom is 0.373 e. The molecule has 0 heterocycles. The minimum absolute atomic E-state index is 0.347. The van der Waals surface area contributed by atoms with Crippen LogP contribution in [0.1, 0.15) is 13.3 Å². The van der Waals surface area contributed by atoms with E-state index in [0.717, 1.165) is 13.0 Å². The van der Waals surface area contributed by atoms with Crippen molar-refractivity contribution in [1.29, 1.82) is 0 Å². The van der Waals surface area contributed by atoms with E-state index in [0.29, 0.717) is 0 Å². The van der Waals surface area contributed by atoms with Crippen molar-refractivity contribution in [3.63, 3.8) is 0 Å². The number of hydrogen-bond acceptors (Lipinski definition) is 2. The molecule has 0 aromatic heterocycles. The summed E-state index contributed by atoms with van der Waals surface area (Å²) in [6, 6.07) is 0. The maximum atomic E-state index is 8.57. The summed E-state index contributed by atoms with van der Waals surface area (Å²) in [4.78, 5) is 0. The second-order valence-electron chi connectivity index (χ2n) is 1.63. The quantitative estimate of drug-likeness (QED) is 0.494. The van der Waals surface area contributed by atoms with Crippen LogP contribution in [0, 0.1) is 0 Å². The summed E-state index contributed by atoms with van der Waals surface area (Å²) in [6.07, 6.45) is 1.07. The molecule has 0 amide bonds. The average molecular weight is 101 g/mol. The molecule has 2 N–H and O–H groups in total. The molecule has 0 atom stereocenters. The third-order valence-electron chi connectivity index (χ3n) is 0.690. The summed E-state index contributed by atoms with van der Waals surface area (Å²) in [5.74, 6) is 0. The molecule has 0 aliphatic rings. The van der Waals surface area contributed by atoms with Crippen LogP contribution in [-0.2, 0) is 0 Å². The lowest BCUT2D eigenvalue weighted by Gasteiger charge is -1.97. The largest absolute Gasteiger partial charge is 0.437 e. The topological polar surface area (TPSA) is 32.3 Å². The minimum Gasteiger partial charge on any atom is -0.437 e. The van der Waals surface area contributed by atoms with E-state index in [1.165, 1.54) is 0 Å². The summed E-state index contributed by atoms with van der Waals surface area (Å²) in [5.41, 5.74) is 0. The highest BCUT2D eigenvalue weighted by Gasteiger charge is 1.96. The Morgan fingerprint density at radius 1 is 1.71 bits per heavy atom. The Kier molecular flexibility index (Phi) is 4.14. The highest BCUT2D eigenvalue weighted by molar-refractivity contribution is 6.45. The highest BCUT2D eigenvalue weighted by atomic mass is 16.2. The lowest BCUT2D eigenvalue weighted by molar-refractivity contribution is 0.553. The first kappa shape index (κ1) is 6.98. The summed E-state index contributed by atoms with van der Waals surface area (Å²) >= 11 is 0. The van der Waals surface area contributed by atoms with Gasteiger partial charge in [0.15, 0.2) is 0 Å². The van der Waals surface area contributed by atoms with Crippen molar-refractivity contribution in [2.75, 3.05) is 6.54 Å². The highest BCUT2D eigenvalue weighted by Crippen LogP contribution is 1.69. The smallest absolute Gasteiger partial charge is 0.373 e. The van der Waals surface area contributed by atoms with Crippen molar-refractivity contribution >= 4 is 7.05 Å². The van der Waals surface area contributed by atoms with Crippen molar-refractivity contribution in [2.45, 2.75) is 20.2 Å². The number of hydrogen-bond donors (Lipinski definition) is 2. The van der Waals surface area contributed by atoms with Crippen LogP contribution in [0.15, 0.2) is 0 Å². The first-order chi connectivity index (χ1) is 3.27. The summed E-state index contributed by atoms with van der Waals surface area (Å²) in [5, 5.41) is 11.4. The predicted octanol–water partition coefficient (Wildman–Crippen LogP) is 0.0963. The van der Waals surface area contributed by atoms with Crippen molar-refractivity contribution < 1.29 is 5.02 Å². The van der Waals surface area contributed by atoms with Crippen LogP contribution in [-0.4, -0.2) is 18.6 Å². The Morgan fingerprint density at radius 2 is 2.29 bits per heavy atom. The number of nitrogens with one attached hydrogen (secondary N) is 1. The van der Waals surface area contributed by atoms with Crippen LogP contribution in [0.3, 0.4) is 0 Å². The zero-order valence-electron chi connectivity index (χ0n) is 4.94. The van der Waals surface area contributed by atoms with E-state index >= 15 is 0 Å². The van der Waals surface area contributed by atoms with Gasteiger partial charge in [0, 0.05) is 0 Å². The van der Waals surface area contributed by atoms with Gasteiger partial charge in [0.2, 0.25) is 0 Å². The molecule has 0 radical (unpaired) electrons. The molecule has 3 heteroatoms. The molecule has 7 heavy (non-hydrogen) atoms. The van der Waals surface area contributed by atoms with E-state index in [2.05, 4.69) is 12.2 Å². The van der Waals surface area contributed by atoms with Crippen LogP contribution in [0.5, 0.6) is 0 Å². The lowest BCUT2D eigenvalue weighted by Crippen LogP contribution is -2.30. The first-order valence-corrected chi connectivity index (χ1v) is 2.68. The monoisotopic (exact) mass is 101 g/mol. The predicted molar refractivity (Wildman–Crippen MR) is 32.1 cm³/mol. The van der Waals surface area contributed by atoms with Gasteiger partial charge >= 0.3 is 7.05 Å². The van der Waals surface area contributed by atoms with E-state index in [-0.39, 0.29) is 7.05 Å². The molecule has 42 valence electrons. The molecule has 0 fully saturated rings. The second kappa shape index (κ2) is 4.15. The standard InChI is InChI=1S/C4H12BNO/c1-3-4-6-5(2)7/h6-7H,3-4H2,1-2H3. The van der Waals surface area contributed by atoms with Crippen LogP contribution >= 0.6 is 0 Å². The third kappa shape index (κ3) is 5.98. The molecule has 0 aliphatic heterocycles. The second-order valence-corrected chi connectivity index (χ2v) is 1.63. The van der Waals surface area contributed by atoms with Gasteiger partial charge in [-0.15, -0.1) is 0 Å². The Hall–Kier alpha value is -0.0151. The fraction of sp³-hybridized carbons (Fsp3) is 1.00. The Morgan fingerprint density at radius 3 is 2.43 bits per heavy atom. The molecule has 0 aromatic carbocycles. The Balaban J connectivity index is 2.68. The Labute approximate surface area is 45.1 Å². The van der Waals surface area contributed by atoms with E-state index in [1.807, 2.05) is 0 Å². The van der Waals surface area contributed by atoms with Gasteiger partial charge in [-0.25, -0.2) is 0 Å². The molecule has 2 nitrogen and oxygen atoms in total. The van der Waals surface area contributed by atoms with Crippen molar-refractivity contribution in [2.24, 2.45) is 0 Å². The van der Waals surface area contributed by atoms with Gasteiger partial charge in [-0.05, 0) is 19.8 Å². The normalized spacial score (nSPS) is 9.00. The van der Waals surface area contributed by atoms with Crippen molar-refractivity contribution in [3.05, 3.63) is 0 Å². The van der Waals surface area contributed by atoms with Crippen molar-refractivity contribution in [3.8, 4) is 0 Å². The molecule has 0 bridgehead atoms. The third-order valence-corrected chi connectivity index (χ3v) is 0.690. The number of rotatable bonds is 3. The summed E-state index contributed by atoms with van der Waals surface area (Å²) in [7, 11) is -0.347. The zero-order valence-corrected chi connectivity index (χ0v) is 4.94. The molecular formula is C4H12BNO. The molecule has 0 rings (SSSR count). The molecule has 0 saturated heterocycles. The van der Waals surface area contributed by atoms with E-state index in [9.17, 15) is 0 Å². The van der Waals surface area contributed by atoms with Crippen LogP contribution in [0.2, 0.25) is 6.82 Å². The minimum atomic E-state index is -0.347. The van der Waals surface area contributed by atoms with E-state index in [4.69, 9.17) is 5.02 Å². The molecule has 0 spiro atoms. The van der Waals surface area contributed by atoms with Gasteiger partial charge in [0.25, 0.3) is 0 Å². The molecular weight excluding hydrogens is 88.9 g/mol. The van der Waals surface area contributed by atoms with Gasteiger partial charge in [-0.3, -0.25) is 0 Å². The summed E-state index contributed by atoms with van der Waals surface area (Å²) < 4.78 is 0. The maximum absolute atomic E-state index is 8.57. The first-order valence-electron chi connectivity index (χ1n) is 2.68. The average Bonchev–Trinajstić information content (AvgIpc) is 1.61. The summed E-state index contributed by atoms with van der Waals surface area (Å²) in [6.45, 7) is 4.68. The van der Waals surface area contributed by atoms with Gasteiger partial charge < -0.3 is 10.3 Å². The van der Waals surface area contributed by atoms with E-state index < -0.39 is 0 Å². The van der Waals surface area contributed by atoms with Crippen LogP contribution < -0.4 is 5.23 Å². The van der Waals surface area contributed by atoms with E-state index in [1.54, 1.807) is 6.82 Å². The zero-order chi connectivity index (χ0) is 5.70. The molecule has 0 saturated carbocycles. The fourth-order valence-corrected chi connectivity index (χ4v) is 0.353. The van der Waals surface area contributed by atoms with Crippen LogP contribution in [0.25, 0.3) is 0 Å². The van der Waals surface area contributed by atoms with Gasteiger partial charge in [-0.1, -0.05) is 6.92 Å². The SMILES string of the molecule is CCCNB(C)O. The Bertz CT molecular complexity index is 40.7. The molecule has 0 aromatic rings. The molecule has 0 unspecified atom stereocenters. The van der Waals surface area contributed by atoms with Gasteiger partial charge in [0.1, 0.15) is 0 Å².